The third-order valence-electron chi connectivity index (χ3n) is 15.7. The van der Waals surface area contributed by atoms with Crippen molar-refractivity contribution in [3.8, 4) is 0 Å². The molecule has 0 aromatic heterocycles. The van der Waals surface area contributed by atoms with Crippen molar-refractivity contribution in [3.05, 3.63) is 60.8 Å². The molecule has 0 amide bonds. The lowest BCUT2D eigenvalue weighted by molar-refractivity contribution is -0.167. The Bertz CT molecular complexity index is 1430. The van der Waals surface area contributed by atoms with Gasteiger partial charge >= 0.3 is 17.9 Å². The summed E-state index contributed by atoms with van der Waals surface area (Å²) in [5, 5.41) is 0. The molecule has 0 fully saturated rings. The predicted molar refractivity (Wildman–Crippen MR) is 348 cm³/mol. The SMILES string of the molecule is CCCCC/C=C\C/C=C\CCCCCCCCCCCC(=O)OC(COC(=O)CCCCCCCCCCCC/C=C\C/C=C\C/C=C\CCCCCCC)COC(=O)CCCCCCCCCCCCCCCCCCCC. The Hall–Kier alpha value is -2.89. The molecule has 0 heterocycles. The van der Waals surface area contributed by atoms with E-state index in [4.69, 9.17) is 14.2 Å². The lowest BCUT2D eigenvalue weighted by Gasteiger charge is -2.18. The third-order valence-corrected chi connectivity index (χ3v) is 15.7. The lowest BCUT2D eigenvalue weighted by atomic mass is 10.0. The first-order chi connectivity index (χ1) is 39.5. The van der Waals surface area contributed by atoms with Crippen LogP contribution in [0.3, 0.4) is 0 Å². The maximum atomic E-state index is 13.0. The zero-order chi connectivity index (χ0) is 57.8. The van der Waals surface area contributed by atoms with E-state index in [1.54, 1.807) is 0 Å². The van der Waals surface area contributed by atoms with Crippen LogP contribution in [-0.4, -0.2) is 37.2 Å². The first-order valence-electron chi connectivity index (χ1n) is 35.3. The summed E-state index contributed by atoms with van der Waals surface area (Å²) in [6.45, 7) is 6.66. The van der Waals surface area contributed by atoms with Crippen LogP contribution in [0.15, 0.2) is 60.8 Å². The number of hydrogen-bond donors (Lipinski definition) is 0. The molecular weight excluding hydrogens is 985 g/mol. The molecule has 0 radical (unpaired) electrons. The van der Waals surface area contributed by atoms with Gasteiger partial charge in [-0.25, -0.2) is 0 Å². The lowest BCUT2D eigenvalue weighted by Crippen LogP contribution is -2.30. The van der Waals surface area contributed by atoms with Gasteiger partial charge in [0.25, 0.3) is 0 Å². The van der Waals surface area contributed by atoms with E-state index < -0.39 is 6.10 Å². The third kappa shape index (κ3) is 65.9. The van der Waals surface area contributed by atoms with Crippen LogP contribution in [0.2, 0.25) is 0 Å². The minimum absolute atomic E-state index is 0.0730. The highest BCUT2D eigenvalue weighted by molar-refractivity contribution is 5.71. The molecule has 0 bridgehead atoms. The monoisotopic (exact) mass is 1120 g/mol. The quantitative estimate of drug-likeness (QED) is 0.0261. The van der Waals surface area contributed by atoms with E-state index >= 15 is 0 Å². The molecule has 0 N–H and O–H groups in total. The molecule has 1 atom stereocenters. The van der Waals surface area contributed by atoms with Gasteiger partial charge in [0.1, 0.15) is 13.2 Å². The van der Waals surface area contributed by atoms with E-state index in [0.29, 0.717) is 19.3 Å². The van der Waals surface area contributed by atoms with Crippen molar-refractivity contribution >= 4 is 17.9 Å². The molecule has 0 saturated carbocycles. The molecule has 0 aliphatic carbocycles. The van der Waals surface area contributed by atoms with Gasteiger partial charge in [-0.05, 0) is 89.9 Å². The maximum absolute atomic E-state index is 13.0. The molecule has 0 aromatic rings. The average Bonchev–Trinajstić information content (AvgIpc) is 3.46. The first-order valence-corrected chi connectivity index (χ1v) is 35.3. The second-order valence-electron chi connectivity index (χ2n) is 23.8. The number of ether oxygens (including phenoxy) is 3. The number of unbranched alkanes of at least 4 members (excludes halogenated alkanes) is 44. The van der Waals surface area contributed by atoms with Gasteiger partial charge < -0.3 is 14.2 Å². The van der Waals surface area contributed by atoms with Gasteiger partial charge in [-0.15, -0.1) is 0 Å². The number of carbonyl (C=O) groups is 3. The van der Waals surface area contributed by atoms with E-state index in [0.717, 1.165) is 77.0 Å². The second kappa shape index (κ2) is 68.6. The average molecular weight is 1120 g/mol. The van der Waals surface area contributed by atoms with Crippen LogP contribution >= 0.6 is 0 Å². The molecule has 0 spiro atoms. The van der Waals surface area contributed by atoms with Crippen LogP contribution in [0.25, 0.3) is 0 Å². The van der Waals surface area contributed by atoms with Gasteiger partial charge in [0.15, 0.2) is 6.10 Å². The molecule has 0 aliphatic heterocycles. The standard InChI is InChI=1S/C74H134O6/c1-4-7-10-13-16-19-22-25-28-31-34-35-36-37-38-39-41-43-46-49-52-55-58-61-64-67-73(76)79-70-71(69-78-72(75)66-63-60-57-54-51-48-45-42-33-30-27-24-21-18-15-12-9-6-3)80-74(77)68-65-62-59-56-53-50-47-44-40-32-29-26-23-20-17-14-11-8-5-2/h17,20,22,25-26,29,31,34,36-37,71H,4-16,18-19,21,23-24,27-28,30,32-33,35,38-70H2,1-3H3/b20-17-,25-22-,29-26-,34-31-,37-36-. The van der Waals surface area contributed by atoms with Crippen molar-refractivity contribution in [2.45, 2.75) is 380 Å². The van der Waals surface area contributed by atoms with Crippen molar-refractivity contribution in [2.75, 3.05) is 13.2 Å². The van der Waals surface area contributed by atoms with Crippen LogP contribution in [0.4, 0.5) is 0 Å². The minimum Gasteiger partial charge on any atom is -0.462 e. The van der Waals surface area contributed by atoms with E-state index in [-0.39, 0.29) is 31.1 Å². The smallest absolute Gasteiger partial charge is 0.306 e. The molecule has 80 heavy (non-hydrogen) atoms. The van der Waals surface area contributed by atoms with Gasteiger partial charge in [-0.3, -0.25) is 14.4 Å². The summed E-state index contributed by atoms with van der Waals surface area (Å²) in [5.41, 5.74) is 0. The van der Waals surface area contributed by atoms with Crippen LogP contribution in [0.5, 0.6) is 0 Å². The fourth-order valence-electron chi connectivity index (χ4n) is 10.4. The van der Waals surface area contributed by atoms with Crippen LogP contribution < -0.4 is 0 Å². The number of carbonyl (C=O) groups excluding carboxylic acids is 3. The van der Waals surface area contributed by atoms with Crippen LogP contribution in [-0.2, 0) is 28.6 Å². The van der Waals surface area contributed by atoms with E-state index in [9.17, 15) is 14.4 Å². The molecule has 0 rings (SSSR count). The molecule has 466 valence electrons. The van der Waals surface area contributed by atoms with Crippen molar-refractivity contribution in [1.29, 1.82) is 0 Å². The summed E-state index contributed by atoms with van der Waals surface area (Å²) in [6, 6.07) is 0. The van der Waals surface area contributed by atoms with Crippen LogP contribution in [0, 0.1) is 0 Å². The number of esters is 3. The zero-order valence-corrected chi connectivity index (χ0v) is 53.6. The highest BCUT2D eigenvalue weighted by atomic mass is 16.6. The van der Waals surface area contributed by atoms with Gasteiger partial charge in [0, 0.05) is 19.3 Å². The fraction of sp³-hybridized carbons (Fsp3) is 0.824. The Morgan fingerprint density at radius 3 is 0.725 bits per heavy atom. The number of rotatable bonds is 65. The summed E-state index contributed by atoms with van der Waals surface area (Å²) in [5.74, 6) is -0.856. The molecule has 0 aliphatic rings. The molecule has 1 unspecified atom stereocenters. The molecule has 6 heteroatoms. The highest BCUT2D eigenvalue weighted by Crippen LogP contribution is 2.18. The summed E-state index contributed by atoms with van der Waals surface area (Å²) in [4.78, 5) is 38.5. The molecule has 0 aromatic carbocycles. The summed E-state index contributed by atoms with van der Waals surface area (Å²) < 4.78 is 17.0. The van der Waals surface area contributed by atoms with Crippen molar-refractivity contribution < 1.29 is 28.6 Å². The second-order valence-corrected chi connectivity index (χ2v) is 23.8. The number of hydrogen-bond acceptors (Lipinski definition) is 6. The highest BCUT2D eigenvalue weighted by Gasteiger charge is 2.19. The van der Waals surface area contributed by atoms with Gasteiger partial charge in [-0.2, -0.15) is 0 Å². The topological polar surface area (TPSA) is 78.9 Å². The largest absolute Gasteiger partial charge is 0.462 e. The van der Waals surface area contributed by atoms with Crippen molar-refractivity contribution in [1.82, 2.24) is 0 Å². The van der Waals surface area contributed by atoms with Gasteiger partial charge in [0.2, 0.25) is 0 Å². The Morgan fingerprint density at radius 1 is 0.250 bits per heavy atom. The van der Waals surface area contributed by atoms with E-state index in [2.05, 4.69) is 81.5 Å². The summed E-state index contributed by atoms with van der Waals surface area (Å²) in [7, 11) is 0. The van der Waals surface area contributed by atoms with E-state index in [1.165, 1.54) is 257 Å². The van der Waals surface area contributed by atoms with Gasteiger partial charge in [0.05, 0.1) is 0 Å². The predicted octanol–water partition coefficient (Wildman–Crippen LogP) is 24.3. The Balaban J connectivity index is 4.33. The number of allylic oxidation sites excluding steroid dienone is 10. The van der Waals surface area contributed by atoms with Crippen molar-refractivity contribution in [2.24, 2.45) is 0 Å². The summed E-state index contributed by atoms with van der Waals surface area (Å²) >= 11 is 0. The Morgan fingerprint density at radius 2 is 0.450 bits per heavy atom. The van der Waals surface area contributed by atoms with E-state index in [1.807, 2.05) is 0 Å². The normalized spacial score (nSPS) is 12.4. The Labute approximate surface area is 498 Å². The molecule has 0 saturated heterocycles. The summed E-state index contributed by atoms with van der Waals surface area (Å²) in [6.07, 6.45) is 88.0. The van der Waals surface area contributed by atoms with Crippen LogP contribution in [0.1, 0.15) is 374 Å². The fourth-order valence-corrected chi connectivity index (χ4v) is 10.4. The zero-order valence-electron chi connectivity index (χ0n) is 53.6. The molecule has 6 nitrogen and oxygen atoms in total. The van der Waals surface area contributed by atoms with Gasteiger partial charge in [-0.1, -0.05) is 326 Å². The van der Waals surface area contributed by atoms with Crippen molar-refractivity contribution in [3.63, 3.8) is 0 Å². The first kappa shape index (κ1) is 77.1. The maximum Gasteiger partial charge on any atom is 0.306 e. The minimum atomic E-state index is -0.778. The Kier molecular flexibility index (Phi) is 66.1. The molecular formula is C74H134O6.